The standard InChI is InChI=1S/C21H36N4O3/c1-5-20(2,3)15-6-10-21(11-7-15)18(27)25(19(28)23-21)14-17(26)24(4)16-8-12-22-13-9-16/h15-16,22H,5-14H2,1-4H3,(H,23,28). The zero-order valence-corrected chi connectivity index (χ0v) is 17.8. The molecule has 0 aromatic heterocycles. The lowest BCUT2D eigenvalue weighted by atomic mass is 9.65. The Hall–Kier alpha value is -1.63. The molecule has 2 aliphatic heterocycles. The van der Waals surface area contributed by atoms with Gasteiger partial charge in [0.1, 0.15) is 12.1 Å². The van der Waals surface area contributed by atoms with Gasteiger partial charge in [-0.1, -0.05) is 27.2 Å². The largest absolute Gasteiger partial charge is 0.341 e. The number of amides is 4. The van der Waals surface area contributed by atoms with Crippen LogP contribution in [0.15, 0.2) is 0 Å². The van der Waals surface area contributed by atoms with Crippen molar-refractivity contribution in [2.24, 2.45) is 11.3 Å². The molecule has 7 heteroatoms. The number of nitrogens with one attached hydrogen (secondary N) is 2. The van der Waals surface area contributed by atoms with Gasteiger partial charge in [-0.2, -0.15) is 0 Å². The summed E-state index contributed by atoms with van der Waals surface area (Å²) in [7, 11) is 1.78. The van der Waals surface area contributed by atoms with Gasteiger partial charge in [0.25, 0.3) is 5.91 Å². The molecule has 1 saturated carbocycles. The van der Waals surface area contributed by atoms with Crippen molar-refractivity contribution in [1.29, 1.82) is 0 Å². The van der Waals surface area contributed by atoms with Crippen LogP contribution in [0.2, 0.25) is 0 Å². The summed E-state index contributed by atoms with van der Waals surface area (Å²) in [4.78, 5) is 41.2. The van der Waals surface area contributed by atoms with Crippen LogP contribution in [0.1, 0.15) is 65.7 Å². The molecule has 2 N–H and O–H groups in total. The third kappa shape index (κ3) is 3.91. The van der Waals surface area contributed by atoms with E-state index in [4.69, 9.17) is 0 Å². The van der Waals surface area contributed by atoms with Gasteiger partial charge in [-0.25, -0.2) is 4.79 Å². The summed E-state index contributed by atoms with van der Waals surface area (Å²) in [6, 6.07) is -0.236. The van der Waals surface area contributed by atoms with Crippen LogP contribution in [0, 0.1) is 11.3 Å². The average molecular weight is 393 g/mol. The van der Waals surface area contributed by atoms with Crippen LogP contribution in [0.5, 0.6) is 0 Å². The highest BCUT2D eigenvalue weighted by molar-refractivity contribution is 6.09. The molecule has 7 nitrogen and oxygen atoms in total. The Kier molecular flexibility index (Phi) is 6.03. The number of hydrogen-bond acceptors (Lipinski definition) is 4. The maximum absolute atomic E-state index is 13.1. The molecule has 0 atom stereocenters. The zero-order valence-electron chi connectivity index (χ0n) is 17.8. The van der Waals surface area contributed by atoms with E-state index in [-0.39, 0.29) is 29.8 Å². The molecule has 0 aromatic rings. The van der Waals surface area contributed by atoms with Crippen molar-refractivity contribution < 1.29 is 14.4 Å². The van der Waals surface area contributed by atoms with E-state index in [0.717, 1.165) is 50.1 Å². The molecule has 0 unspecified atom stereocenters. The van der Waals surface area contributed by atoms with Crippen molar-refractivity contribution in [1.82, 2.24) is 20.4 Å². The van der Waals surface area contributed by atoms with Gasteiger partial charge in [-0.05, 0) is 62.9 Å². The van der Waals surface area contributed by atoms with E-state index >= 15 is 0 Å². The molecule has 0 radical (unpaired) electrons. The normalized spacial score (nSPS) is 29.3. The predicted molar refractivity (Wildman–Crippen MR) is 108 cm³/mol. The van der Waals surface area contributed by atoms with Crippen LogP contribution >= 0.6 is 0 Å². The summed E-state index contributed by atoms with van der Waals surface area (Å²) in [6.07, 6.45) is 6.12. The SMILES string of the molecule is CCC(C)(C)C1CCC2(CC1)NC(=O)N(CC(=O)N(C)C1CCNCC1)C2=O. The second-order valence-corrected chi connectivity index (χ2v) is 9.51. The van der Waals surface area contributed by atoms with Crippen LogP contribution in [0.3, 0.4) is 0 Å². The van der Waals surface area contributed by atoms with Crippen molar-refractivity contribution in [2.75, 3.05) is 26.7 Å². The summed E-state index contributed by atoms with van der Waals surface area (Å²) < 4.78 is 0. The van der Waals surface area contributed by atoms with Gasteiger partial charge in [0.2, 0.25) is 5.91 Å². The molecule has 4 amide bonds. The number of hydrogen-bond donors (Lipinski definition) is 2. The number of carbonyl (C=O) groups excluding carboxylic acids is 3. The Morgan fingerprint density at radius 3 is 2.36 bits per heavy atom. The van der Waals surface area contributed by atoms with Crippen LogP contribution < -0.4 is 10.6 Å². The molecule has 1 spiro atoms. The summed E-state index contributed by atoms with van der Waals surface area (Å²) in [5.74, 6) is 0.195. The summed E-state index contributed by atoms with van der Waals surface area (Å²) in [5, 5.41) is 6.23. The molecule has 3 fully saturated rings. The second-order valence-electron chi connectivity index (χ2n) is 9.51. The minimum Gasteiger partial charge on any atom is -0.341 e. The van der Waals surface area contributed by atoms with E-state index in [2.05, 4.69) is 31.4 Å². The highest BCUT2D eigenvalue weighted by atomic mass is 16.2. The van der Waals surface area contributed by atoms with E-state index in [9.17, 15) is 14.4 Å². The fourth-order valence-corrected chi connectivity index (χ4v) is 4.98. The van der Waals surface area contributed by atoms with E-state index in [1.54, 1.807) is 11.9 Å². The van der Waals surface area contributed by atoms with Crippen LogP contribution in [0.25, 0.3) is 0 Å². The van der Waals surface area contributed by atoms with Crippen molar-refractivity contribution >= 4 is 17.8 Å². The topological polar surface area (TPSA) is 81.8 Å². The quantitative estimate of drug-likeness (QED) is 0.702. The molecule has 158 valence electrons. The van der Waals surface area contributed by atoms with Crippen LogP contribution in [-0.4, -0.2) is 65.9 Å². The fraction of sp³-hybridized carbons (Fsp3) is 0.857. The highest BCUT2D eigenvalue weighted by Crippen LogP contribution is 2.45. The van der Waals surface area contributed by atoms with E-state index < -0.39 is 11.6 Å². The lowest BCUT2D eigenvalue weighted by Gasteiger charge is -2.42. The monoisotopic (exact) mass is 392 g/mol. The molecule has 1 aliphatic carbocycles. The van der Waals surface area contributed by atoms with Gasteiger partial charge < -0.3 is 15.5 Å². The molecular weight excluding hydrogens is 356 g/mol. The number of nitrogens with zero attached hydrogens (tertiary/aromatic N) is 2. The molecule has 28 heavy (non-hydrogen) atoms. The molecule has 3 rings (SSSR count). The first-order valence-corrected chi connectivity index (χ1v) is 10.8. The minimum atomic E-state index is -0.801. The first-order chi connectivity index (χ1) is 13.2. The first-order valence-electron chi connectivity index (χ1n) is 10.8. The number of urea groups is 1. The molecule has 2 heterocycles. The predicted octanol–water partition coefficient (Wildman–Crippen LogP) is 2.11. The number of imide groups is 1. The van der Waals surface area contributed by atoms with Crippen molar-refractivity contribution in [2.45, 2.75) is 77.3 Å². The Bertz CT molecular complexity index is 619. The summed E-state index contributed by atoms with van der Waals surface area (Å²) >= 11 is 0. The Morgan fingerprint density at radius 1 is 1.18 bits per heavy atom. The molecule has 0 bridgehead atoms. The van der Waals surface area contributed by atoms with Gasteiger partial charge in [-0.15, -0.1) is 0 Å². The van der Waals surface area contributed by atoms with Gasteiger partial charge in [0, 0.05) is 13.1 Å². The molecular formula is C21H36N4O3. The number of likely N-dealkylation sites (N-methyl/N-ethyl adjacent to an activating group) is 1. The lowest BCUT2D eigenvalue weighted by Crippen LogP contribution is -2.51. The van der Waals surface area contributed by atoms with E-state index in [0.29, 0.717) is 18.8 Å². The van der Waals surface area contributed by atoms with Gasteiger partial charge in [0.15, 0.2) is 0 Å². The molecule has 3 aliphatic rings. The Labute approximate surface area is 168 Å². The lowest BCUT2D eigenvalue weighted by molar-refractivity contribution is -0.140. The summed E-state index contributed by atoms with van der Waals surface area (Å²) in [6.45, 7) is 8.40. The smallest absolute Gasteiger partial charge is 0.325 e. The number of piperidine rings is 1. The van der Waals surface area contributed by atoms with Crippen LogP contribution in [-0.2, 0) is 9.59 Å². The number of carbonyl (C=O) groups is 3. The maximum atomic E-state index is 13.1. The maximum Gasteiger partial charge on any atom is 0.325 e. The van der Waals surface area contributed by atoms with Crippen molar-refractivity contribution in [3.05, 3.63) is 0 Å². The third-order valence-electron chi connectivity index (χ3n) is 7.64. The average Bonchev–Trinajstić information content (AvgIpc) is 2.92. The van der Waals surface area contributed by atoms with E-state index in [1.165, 1.54) is 0 Å². The number of rotatable bonds is 5. The molecule has 0 aromatic carbocycles. The Morgan fingerprint density at radius 2 is 1.79 bits per heavy atom. The van der Waals surface area contributed by atoms with Gasteiger partial charge >= 0.3 is 6.03 Å². The highest BCUT2D eigenvalue weighted by Gasteiger charge is 2.53. The summed E-state index contributed by atoms with van der Waals surface area (Å²) in [5.41, 5.74) is -0.550. The third-order valence-corrected chi connectivity index (χ3v) is 7.64. The van der Waals surface area contributed by atoms with Crippen molar-refractivity contribution in [3.63, 3.8) is 0 Å². The van der Waals surface area contributed by atoms with E-state index in [1.807, 2.05) is 0 Å². The van der Waals surface area contributed by atoms with Crippen molar-refractivity contribution in [3.8, 4) is 0 Å². The van der Waals surface area contributed by atoms with Gasteiger partial charge in [0.05, 0.1) is 0 Å². The van der Waals surface area contributed by atoms with Crippen LogP contribution in [0.4, 0.5) is 4.79 Å². The minimum absolute atomic E-state index is 0.156. The first kappa shape index (κ1) is 21.1. The fourth-order valence-electron chi connectivity index (χ4n) is 4.98. The second kappa shape index (κ2) is 8.01. The Balaban J connectivity index is 1.61. The zero-order chi connectivity index (χ0) is 20.5. The van der Waals surface area contributed by atoms with Gasteiger partial charge in [-0.3, -0.25) is 14.5 Å². The molecule has 2 saturated heterocycles.